The molecule has 3 heterocycles. The Balaban J connectivity index is 1.51. The molecule has 0 saturated carbocycles. The molecule has 0 aliphatic heterocycles. The maximum Gasteiger partial charge on any atom is 0.298 e. The van der Waals surface area contributed by atoms with Crippen molar-refractivity contribution in [2.75, 3.05) is 0 Å². The van der Waals surface area contributed by atoms with Crippen molar-refractivity contribution >= 4 is 28.5 Å². The van der Waals surface area contributed by atoms with E-state index in [9.17, 15) is 9.18 Å². The molecule has 7 nitrogen and oxygen atoms in total. The second kappa shape index (κ2) is 7.32. The summed E-state index contributed by atoms with van der Waals surface area (Å²) < 4.78 is 20.4. The lowest BCUT2D eigenvalue weighted by molar-refractivity contribution is -0.120. The summed E-state index contributed by atoms with van der Waals surface area (Å²) in [5.41, 5.74) is 4.31. The highest BCUT2D eigenvalue weighted by molar-refractivity contribution is 5.79. The number of benzene rings is 2. The summed E-state index contributed by atoms with van der Waals surface area (Å²) in [7, 11) is 0. The van der Waals surface area contributed by atoms with Crippen LogP contribution in [0, 0.1) is 5.82 Å². The Labute approximate surface area is 169 Å². The summed E-state index contributed by atoms with van der Waals surface area (Å²) in [6, 6.07) is 17.8. The zero-order chi connectivity index (χ0) is 20.5. The lowest BCUT2D eigenvalue weighted by Crippen LogP contribution is -2.03. The van der Waals surface area contributed by atoms with Crippen LogP contribution in [0.2, 0.25) is 0 Å². The van der Waals surface area contributed by atoms with Gasteiger partial charge in [0.1, 0.15) is 5.52 Å². The van der Waals surface area contributed by atoms with Gasteiger partial charge in [0.2, 0.25) is 0 Å². The molecular formula is C22H14FN5O2. The number of fused-ring (bicyclic) bond motifs is 2. The first kappa shape index (κ1) is 17.9. The van der Waals surface area contributed by atoms with E-state index >= 15 is 0 Å². The highest BCUT2D eigenvalue weighted by Gasteiger charge is 2.12. The van der Waals surface area contributed by atoms with Crippen LogP contribution in [-0.4, -0.2) is 31.4 Å². The van der Waals surface area contributed by atoms with E-state index in [4.69, 9.17) is 0 Å². The van der Waals surface area contributed by atoms with Gasteiger partial charge in [-0.15, -0.1) is 5.10 Å². The quantitative estimate of drug-likeness (QED) is 0.419. The van der Waals surface area contributed by atoms with E-state index < -0.39 is 5.82 Å². The number of carbonyl (C=O) groups excluding carboxylic acids is 1. The number of hydrogen-bond donors (Lipinski definition) is 0. The highest BCUT2D eigenvalue weighted by atomic mass is 19.1. The smallest absolute Gasteiger partial charge is 0.298 e. The molecule has 0 radical (unpaired) electrons. The van der Waals surface area contributed by atoms with E-state index in [1.54, 1.807) is 29.1 Å². The van der Waals surface area contributed by atoms with Gasteiger partial charge in [-0.2, -0.15) is 0 Å². The predicted molar refractivity (Wildman–Crippen MR) is 108 cm³/mol. The molecule has 0 fully saturated rings. The Bertz CT molecular complexity index is 1400. The third-order valence-electron chi connectivity index (χ3n) is 4.76. The molecule has 0 amide bonds. The van der Waals surface area contributed by atoms with E-state index in [0.29, 0.717) is 29.0 Å². The molecule has 0 bridgehead atoms. The molecule has 0 spiro atoms. The van der Waals surface area contributed by atoms with Crippen LogP contribution in [0.5, 0.6) is 5.75 Å². The van der Waals surface area contributed by atoms with Gasteiger partial charge in [-0.3, -0.25) is 9.78 Å². The van der Waals surface area contributed by atoms with Crippen LogP contribution < -0.4 is 4.74 Å². The molecule has 8 heteroatoms. The molecule has 0 atom stereocenters. The van der Waals surface area contributed by atoms with Crippen molar-refractivity contribution in [1.82, 2.24) is 25.0 Å². The first-order chi connectivity index (χ1) is 14.7. The van der Waals surface area contributed by atoms with Crippen molar-refractivity contribution in [2.45, 2.75) is 6.54 Å². The van der Waals surface area contributed by atoms with Crippen molar-refractivity contribution in [3.8, 4) is 17.0 Å². The maximum atomic E-state index is 14.1. The molecule has 30 heavy (non-hydrogen) atoms. The molecule has 0 saturated heterocycles. The van der Waals surface area contributed by atoms with Crippen molar-refractivity contribution < 1.29 is 13.9 Å². The van der Waals surface area contributed by atoms with Gasteiger partial charge in [-0.05, 0) is 54.1 Å². The predicted octanol–water partition coefficient (Wildman–Crippen LogP) is 3.76. The number of ether oxygens (including phenoxy) is 1. The number of carbonyl (C=O) groups is 1. The first-order valence-corrected chi connectivity index (χ1v) is 9.15. The van der Waals surface area contributed by atoms with E-state index in [1.807, 2.05) is 24.3 Å². The fourth-order valence-corrected chi connectivity index (χ4v) is 3.32. The topological polar surface area (TPSA) is 82.8 Å². The molecule has 3 aromatic heterocycles. The van der Waals surface area contributed by atoms with Crippen LogP contribution in [0.3, 0.4) is 0 Å². The zero-order valence-electron chi connectivity index (χ0n) is 15.6. The Morgan fingerprint density at radius 3 is 2.80 bits per heavy atom. The van der Waals surface area contributed by atoms with E-state index in [-0.39, 0.29) is 12.2 Å². The summed E-state index contributed by atoms with van der Waals surface area (Å²) in [4.78, 5) is 19.4. The first-order valence-electron chi connectivity index (χ1n) is 9.15. The minimum absolute atomic E-state index is 0.132. The van der Waals surface area contributed by atoms with Crippen molar-refractivity contribution in [1.29, 1.82) is 0 Å². The van der Waals surface area contributed by atoms with Crippen LogP contribution in [0.4, 0.5) is 4.39 Å². The van der Waals surface area contributed by atoms with Gasteiger partial charge < -0.3 is 4.74 Å². The number of halogens is 1. The van der Waals surface area contributed by atoms with E-state index in [0.717, 1.165) is 16.5 Å². The largest absolute Gasteiger partial charge is 0.426 e. The Hall–Kier alpha value is -4.20. The molecule has 5 rings (SSSR count). The van der Waals surface area contributed by atoms with E-state index in [1.165, 1.54) is 12.1 Å². The van der Waals surface area contributed by atoms with Crippen LogP contribution in [-0.2, 0) is 11.3 Å². The van der Waals surface area contributed by atoms with Gasteiger partial charge in [0.05, 0.1) is 17.8 Å². The monoisotopic (exact) mass is 399 g/mol. The van der Waals surface area contributed by atoms with Gasteiger partial charge in [0, 0.05) is 17.1 Å². The van der Waals surface area contributed by atoms with Crippen molar-refractivity contribution in [3.63, 3.8) is 0 Å². The van der Waals surface area contributed by atoms with Crippen LogP contribution in [0.15, 0.2) is 66.9 Å². The van der Waals surface area contributed by atoms with Crippen LogP contribution in [0.1, 0.15) is 5.56 Å². The van der Waals surface area contributed by atoms with Gasteiger partial charge in [-0.1, -0.05) is 17.3 Å². The molecule has 2 aromatic carbocycles. The van der Waals surface area contributed by atoms with Crippen LogP contribution in [0.25, 0.3) is 33.3 Å². The summed E-state index contributed by atoms with van der Waals surface area (Å²) in [6.45, 7) is 0.674. The fourth-order valence-electron chi connectivity index (χ4n) is 3.32. The van der Waals surface area contributed by atoms with Gasteiger partial charge in [0.25, 0.3) is 6.47 Å². The average molecular weight is 399 g/mol. The standard InChI is InChI=1S/C22H14FN5O2/c23-17-11-16(4-8-21(17)30-13-29)19-6-7-20-22(25-19)28(27-26-20)12-14-3-5-18-15(10-14)2-1-9-24-18/h1-11,13H,12H2. The summed E-state index contributed by atoms with van der Waals surface area (Å²) >= 11 is 0. The molecule has 5 aromatic rings. The third kappa shape index (κ3) is 3.24. The second-order valence-corrected chi connectivity index (χ2v) is 6.68. The normalized spacial score (nSPS) is 11.1. The maximum absolute atomic E-state index is 14.1. The summed E-state index contributed by atoms with van der Waals surface area (Å²) in [5, 5.41) is 9.43. The number of nitrogens with zero attached hydrogens (tertiary/aromatic N) is 5. The molecule has 0 aliphatic carbocycles. The number of aromatic nitrogens is 5. The number of pyridine rings is 2. The molecule has 0 unspecified atom stereocenters. The van der Waals surface area contributed by atoms with Crippen molar-refractivity contribution in [3.05, 3.63) is 78.2 Å². The van der Waals surface area contributed by atoms with Crippen molar-refractivity contribution in [2.24, 2.45) is 0 Å². The number of hydrogen-bond acceptors (Lipinski definition) is 6. The third-order valence-corrected chi connectivity index (χ3v) is 4.76. The number of rotatable bonds is 5. The highest BCUT2D eigenvalue weighted by Crippen LogP contribution is 2.26. The van der Waals surface area contributed by atoms with Gasteiger partial charge in [0.15, 0.2) is 17.2 Å². The molecule has 0 aliphatic rings. The Morgan fingerprint density at radius 2 is 1.93 bits per heavy atom. The minimum atomic E-state index is -0.641. The zero-order valence-corrected chi connectivity index (χ0v) is 15.6. The SMILES string of the molecule is O=COc1ccc(-c2ccc3nnn(Cc4ccc5ncccc5c4)c3n2)cc1F. The van der Waals surface area contributed by atoms with Gasteiger partial charge >= 0.3 is 0 Å². The minimum Gasteiger partial charge on any atom is -0.426 e. The Kier molecular flexibility index (Phi) is 4.36. The second-order valence-electron chi connectivity index (χ2n) is 6.68. The average Bonchev–Trinajstić information content (AvgIpc) is 3.17. The summed E-state index contributed by atoms with van der Waals surface area (Å²) in [6.07, 6.45) is 1.76. The summed E-state index contributed by atoms with van der Waals surface area (Å²) in [5.74, 6) is -0.773. The van der Waals surface area contributed by atoms with Crippen LogP contribution >= 0.6 is 0 Å². The fraction of sp³-hybridized carbons (Fsp3) is 0.0455. The Morgan fingerprint density at radius 1 is 1.03 bits per heavy atom. The molecule has 0 N–H and O–H groups in total. The van der Waals surface area contributed by atoms with Gasteiger partial charge in [-0.25, -0.2) is 14.1 Å². The molecular weight excluding hydrogens is 385 g/mol. The lowest BCUT2D eigenvalue weighted by atomic mass is 10.1. The molecule has 146 valence electrons. The lowest BCUT2D eigenvalue weighted by Gasteiger charge is -2.06. The van der Waals surface area contributed by atoms with E-state index in [2.05, 4.69) is 31.1 Å².